The minimum Gasteiger partial charge on any atom is -0.497 e. The largest absolute Gasteiger partial charge is 0.497 e. The molecule has 0 fully saturated rings. The summed E-state index contributed by atoms with van der Waals surface area (Å²) in [5.74, 6) is 0.448. The highest BCUT2D eigenvalue weighted by molar-refractivity contribution is 7.89. The van der Waals surface area contributed by atoms with Crippen LogP contribution < -0.4 is 10.1 Å². The van der Waals surface area contributed by atoms with E-state index in [1.54, 1.807) is 42.5 Å². The summed E-state index contributed by atoms with van der Waals surface area (Å²) < 4.78 is 32.6. The fraction of sp³-hybridized carbons (Fsp3) is 0.348. The van der Waals surface area contributed by atoms with E-state index in [1.165, 1.54) is 23.5 Å². The first-order chi connectivity index (χ1) is 14.8. The number of sulfonamides is 1. The molecule has 7 nitrogen and oxygen atoms in total. The second kappa shape index (κ2) is 11.6. The Kier molecular flexibility index (Phi) is 9.23. The van der Waals surface area contributed by atoms with Crippen LogP contribution in [0.15, 0.2) is 66.1 Å². The summed E-state index contributed by atoms with van der Waals surface area (Å²) in [4.78, 5) is 14.5. The molecular weight excluding hydrogens is 414 g/mol. The Labute approximate surface area is 185 Å². The minimum atomic E-state index is -3.71. The minimum absolute atomic E-state index is 0.140. The van der Waals surface area contributed by atoms with Crippen molar-refractivity contribution >= 4 is 15.9 Å². The van der Waals surface area contributed by atoms with Gasteiger partial charge in [0.25, 0.3) is 5.91 Å². The van der Waals surface area contributed by atoms with Crippen molar-refractivity contribution in [2.24, 2.45) is 0 Å². The lowest BCUT2D eigenvalue weighted by molar-refractivity contribution is 0.0952. The zero-order valence-corrected chi connectivity index (χ0v) is 19.2. The first kappa shape index (κ1) is 24.6. The van der Waals surface area contributed by atoms with Crippen LogP contribution in [0.4, 0.5) is 0 Å². The van der Waals surface area contributed by atoms with E-state index in [0.29, 0.717) is 17.9 Å². The summed E-state index contributed by atoms with van der Waals surface area (Å²) in [6.07, 6.45) is 2.42. The van der Waals surface area contributed by atoms with Crippen molar-refractivity contribution in [3.63, 3.8) is 0 Å². The Balaban J connectivity index is 2.07. The van der Waals surface area contributed by atoms with Gasteiger partial charge in [-0.25, -0.2) is 8.42 Å². The van der Waals surface area contributed by atoms with Gasteiger partial charge in [0.2, 0.25) is 10.0 Å². The van der Waals surface area contributed by atoms with E-state index in [9.17, 15) is 13.2 Å². The van der Waals surface area contributed by atoms with E-state index < -0.39 is 10.0 Å². The second-order valence-electron chi connectivity index (χ2n) is 7.37. The molecule has 1 amide bonds. The van der Waals surface area contributed by atoms with Crippen LogP contribution in [0.3, 0.4) is 0 Å². The maximum Gasteiger partial charge on any atom is 0.251 e. The molecule has 0 bridgehead atoms. The Bertz CT molecular complexity index is 955. The van der Waals surface area contributed by atoms with Gasteiger partial charge in [0, 0.05) is 25.2 Å². The Morgan fingerprint density at radius 2 is 1.74 bits per heavy atom. The van der Waals surface area contributed by atoms with Crippen molar-refractivity contribution in [2.45, 2.75) is 17.9 Å². The number of methoxy groups -OCH3 is 1. The molecule has 0 aliphatic carbocycles. The van der Waals surface area contributed by atoms with Crippen molar-refractivity contribution in [3.05, 3.63) is 72.3 Å². The number of ether oxygens (including phenoxy) is 1. The summed E-state index contributed by atoms with van der Waals surface area (Å²) in [7, 11) is 1.80. The lowest BCUT2D eigenvalue weighted by Crippen LogP contribution is -2.31. The first-order valence-corrected chi connectivity index (χ1v) is 11.5. The number of nitrogens with one attached hydrogen (secondary N) is 1. The number of amides is 1. The second-order valence-corrected chi connectivity index (χ2v) is 9.31. The van der Waals surface area contributed by atoms with Gasteiger partial charge in [-0.3, -0.25) is 4.79 Å². The molecule has 2 rings (SSSR count). The van der Waals surface area contributed by atoms with E-state index in [0.717, 1.165) is 18.5 Å². The lowest BCUT2D eigenvalue weighted by Gasteiger charge is -2.21. The molecule has 2 aromatic rings. The highest BCUT2D eigenvalue weighted by atomic mass is 32.2. The number of hydrogen-bond donors (Lipinski definition) is 1. The first-order valence-electron chi connectivity index (χ1n) is 10.0. The Morgan fingerprint density at radius 3 is 2.29 bits per heavy atom. The molecule has 0 spiro atoms. The van der Waals surface area contributed by atoms with Gasteiger partial charge in [-0.1, -0.05) is 18.2 Å². The number of carbonyl (C=O) groups excluding carboxylic acids is 1. The van der Waals surface area contributed by atoms with E-state index in [-0.39, 0.29) is 23.9 Å². The summed E-state index contributed by atoms with van der Waals surface area (Å²) in [6, 6.07) is 13.2. The zero-order chi connectivity index (χ0) is 22.9. The van der Waals surface area contributed by atoms with Crippen LogP contribution in [0.1, 0.15) is 22.3 Å². The van der Waals surface area contributed by atoms with Crippen molar-refractivity contribution in [1.82, 2.24) is 14.5 Å². The fourth-order valence-corrected chi connectivity index (χ4v) is 4.35. The van der Waals surface area contributed by atoms with Crippen molar-refractivity contribution in [3.8, 4) is 5.75 Å². The third-order valence-electron chi connectivity index (χ3n) is 4.67. The van der Waals surface area contributed by atoms with Gasteiger partial charge in [0.05, 0.1) is 12.0 Å². The van der Waals surface area contributed by atoms with Gasteiger partial charge in [-0.2, -0.15) is 4.31 Å². The molecule has 8 heteroatoms. The zero-order valence-electron chi connectivity index (χ0n) is 18.4. The maximum atomic E-state index is 13.1. The highest BCUT2D eigenvalue weighted by Crippen LogP contribution is 2.21. The van der Waals surface area contributed by atoms with E-state index in [2.05, 4.69) is 16.8 Å². The van der Waals surface area contributed by atoms with Crippen LogP contribution in [0.2, 0.25) is 0 Å². The number of rotatable bonds is 12. The number of hydrogen-bond acceptors (Lipinski definition) is 5. The average Bonchev–Trinajstić information content (AvgIpc) is 2.76. The maximum absolute atomic E-state index is 13.1. The smallest absolute Gasteiger partial charge is 0.251 e. The molecule has 0 heterocycles. The van der Waals surface area contributed by atoms with Crippen molar-refractivity contribution in [1.29, 1.82) is 0 Å². The van der Waals surface area contributed by atoms with Gasteiger partial charge >= 0.3 is 0 Å². The monoisotopic (exact) mass is 445 g/mol. The average molecular weight is 446 g/mol. The Morgan fingerprint density at radius 1 is 1.10 bits per heavy atom. The molecule has 1 N–H and O–H groups in total. The van der Waals surface area contributed by atoms with Crippen LogP contribution in [-0.4, -0.2) is 64.4 Å². The highest BCUT2D eigenvalue weighted by Gasteiger charge is 2.23. The molecular formula is C23H31N3O4S. The molecule has 0 saturated carbocycles. The van der Waals surface area contributed by atoms with Gasteiger partial charge in [0.15, 0.2) is 0 Å². The molecule has 31 heavy (non-hydrogen) atoms. The quantitative estimate of drug-likeness (QED) is 0.401. The van der Waals surface area contributed by atoms with E-state index in [1.807, 2.05) is 14.1 Å². The standard InChI is InChI=1S/C23H31N3O4S/c1-5-16-26(31(28,29)22-13-11-21(30-4)12-14-22)18-19-7-9-20(10-8-19)23(27)24-15-6-17-25(2)3/h5,7-14H,1,6,15-18H2,2-4H3,(H,24,27). The van der Waals surface area contributed by atoms with E-state index >= 15 is 0 Å². The van der Waals surface area contributed by atoms with Crippen molar-refractivity contribution in [2.75, 3.05) is 40.8 Å². The molecule has 168 valence electrons. The molecule has 0 aromatic heterocycles. The summed E-state index contributed by atoms with van der Waals surface area (Å²) in [5, 5.41) is 2.89. The summed E-state index contributed by atoms with van der Waals surface area (Å²) >= 11 is 0. The van der Waals surface area contributed by atoms with Crippen LogP contribution in [0.5, 0.6) is 5.75 Å². The summed E-state index contributed by atoms with van der Waals surface area (Å²) in [6.45, 7) is 5.53. The Hall–Kier alpha value is -2.68. The molecule has 0 radical (unpaired) electrons. The molecule has 2 aromatic carbocycles. The van der Waals surface area contributed by atoms with Gasteiger partial charge in [-0.15, -0.1) is 6.58 Å². The number of benzene rings is 2. The number of nitrogens with zero attached hydrogens (tertiary/aromatic N) is 2. The lowest BCUT2D eigenvalue weighted by atomic mass is 10.1. The van der Waals surface area contributed by atoms with Gasteiger partial charge in [-0.05, 0) is 69.0 Å². The normalized spacial score (nSPS) is 11.5. The SMILES string of the molecule is C=CCN(Cc1ccc(C(=O)NCCCN(C)C)cc1)S(=O)(=O)c1ccc(OC)cc1. The van der Waals surface area contributed by atoms with Crippen LogP contribution in [0.25, 0.3) is 0 Å². The van der Waals surface area contributed by atoms with Crippen molar-refractivity contribution < 1.29 is 17.9 Å². The third kappa shape index (κ3) is 7.20. The molecule has 0 aliphatic heterocycles. The van der Waals surface area contributed by atoms with Crippen LogP contribution >= 0.6 is 0 Å². The molecule has 0 atom stereocenters. The van der Waals surface area contributed by atoms with E-state index in [4.69, 9.17) is 4.74 Å². The topological polar surface area (TPSA) is 79.0 Å². The predicted molar refractivity (Wildman–Crippen MR) is 123 cm³/mol. The molecule has 0 unspecified atom stereocenters. The van der Waals surface area contributed by atoms with Crippen LogP contribution in [0, 0.1) is 0 Å². The molecule has 0 saturated heterocycles. The fourth-order valence-electron chi connectivity index (χ4n) is 2.95. The predicted octanol–water partition coefficient (Wildman–Crippen LogP) is 2.75. The van der Waals surface area contributed by atoms with Crippen LogP contribution in [-0.2, 0) is 16.6 Å². The third-order valence-corrected chi connectivity index (χ3v) is 6.50. The molecule has 0 aliphatic rings. The summed E-state index contributed by atoms with van der Waals surface area (Å²) in [5.41, 5.74) is 1.32. The number of carbonyl (C=O) groups is 1. The van der Waals surface area contributed by atoms with Gasteiger partial charge in [0.1, 0.15) is 5.75 Å². The van der Waals surface area contributed by atoms with Gasteiger partial charge < -0.3 is 15.0 Å².